The van der Waals surface area contributed by atoms with E-state index in [1.807, 2.05) is 31.2 Å². The van der Waals surface area contributed by atoms with Gasteiger partial charge in [0.05, 0.1) is 6.61 Å². The fraction of sp³-hybridized carbons (Fsp3) is 0.455. The smallest absolute Gasteiger partial charge is 0.122 e. The molecule has 142 valence electrons. The first-order valence-electron chi connectivity index (χ1n) is 9.13. The summed E-state index contributed by atoms with van der Waals surface area (Å²) in [7, 11) is 1.70. The van der Waals surface area contributed by atoms with E-state index in [1.165, 1.54) is 16.7 Å². The molecule has 0 fully saturated rings. The molecule has 0 unspecified atom stereocenters. The van der Waals surface area contributed by atoms with Gasteiger partial charge in [0.25, 0.3) is 0 Å². The number of aryl methyl sites for hydroxylation is 3. The van der Waals surface area contributed by atoms with Gasteiger partial charge in [0.2, 0.25) is 0 Å². The fourth-order valence-corrected chi connectivity index (χ4v) is 2.92. The van der Waals surface area contributed by atoms with Crippen LogP contribution in [0.2, 0.25) is 0 Å². The van der Waals surface area contributed by atoms with Gasteiger partial charge in [0.15, 0.2) is 0 Å². The van der Waals surface area contributed by atoms with E-state index in [4.69, 9.17) is 9.47 Å². The molecule has 0 saturated carbocycles. The molecular formula is C22H31NO3. The summed E-state index contributed by atoms with van der Waals surface area (Å²) in [6.07, 6.45) is -0.559. The molecule has 0 aliphatic carbocycles. The lowest BCUT2D eigenvalue weighted by molar-refractivity contribution is 0.0540. The second-order valence-electron chi connectivity index (χ2n) is 6.89. The highest BCUT2D eigenvalue weighted by molar-refractivity contribution is 5.32. The van der Waals surface area contributed by atoms with Crippen molar-refractivity contribution in [2.45, 2.75) is 33.4 Å². The summed E-state index contributed by atoms with van der Waals surface area (Å²) in [5, 5.41) is 10.5. The van der Waals surface area contributed by atoms with Crippen molar-refractivity contribution in [1.29, 1.82) is 0 Å². The quantitative estimate of drug-likeness (QED) is 0.707. The second kappa shape index (κ2) is 10.3. The standard InChI is InChI=1S/C22H31NO3/c1-17-9-10-18(2)20(13-17)14-23(11-12-25-4)15-21(24)16-26-22-8-6-5-7-19(22)3/h5-10,13,21,24H,11-12,14-16H2,1-4H3/t21-/m1/s1. The minimum atomic E-state index is -0.559. The lowest BCUT2D eigenvalue weighted by atomic mass is 10.1. The summed E-state index contributed by atoms with van der Waals surface area (Å²) >= 11 is 0. The average Bonchev–Trinajstić information content (AvgIpc) is 2.62. The van der Waals surface area contributed by atoms with E-state index in [1.54, 1.807) is 7.11 Å². The Labute approximate surface area is 157 Å². The van der Waals surface area contributed by atoms with E-state index >= 15 is 0 Å². The molecule has 0 amide bonds. The molecule has 0 heterocycles. The monoisotopic (exact) mass is 357 g/mol. The number of methoxy groups -OCH3 is 1. The summed E-state index contributed by atoms with van der Waals surface area (Å²) in [6, 6.07) is 14.4. The maximum atomic E-state index is 10.5. The largest absolute Gasteiger partial charge is 0.491 e. The Kier molecular flexibility index (Phi) is 8.10. The molecule has 0 aromatic heterocycles. The van der Waals surface area contributed by atoms with Gasteiger partial charge in [0.1, 0.15) is 18.5 Å². The molecule has 0 spiro atoms. The molecular weight excluding hydrogens is 326 g/mol. The molecule has 0 saturated heterocycles. The lowest BCUT2D eigenvalue weighted by Gasteiger charge is -2.26. The van der Waals surface area contributed by atoms with Crippen LogP contribution in [0.25, 0.3) is 0 Å². The van der Waals surface area contributed by atoms with Crippen molar-refractivity contribution in [3.8, 4) is 5.75 Å². The first-order valence-corrected chi connectivity index (χ1v) is 9.13. The van der Waals surface area contributed by atoms with Crippen molar-refractivity contribution in [3.63, 3.8) is 0 Å². The molecule has 0 aliphatic heterocycles. The molecule has 26 heavy (non-hydrogen) atoms. The third-order valence-electron chi connectivity index (χ3n) is 4.50. The van der Waals surface area contributed by atoms with Crippen LogP contribution in [0.5, 0.6) is 5.75 Å². The number of para-hydroxylation sites is 1. The van der Waals surface area contributed by atoms with Crippen LogP contribution in [0.3, 0.4) is 0 Å². The van der Waals surface area contributed by atoms with Crippen molar-refractivity contribution >= 4 is 0 Å². The van der Waals surface area contributed by atoms with Crippen molar-refractivity contribution in [2.24, 2.45) is 0 Å². The number of hydrogen-bond donors (Lipinski definition) is 1. The van der Waals surface area contributed by atoms with Gasteiger partial charge in [-0.05, 0) is 43.5 Å². The molecule has 4 heteroatoms. The van der Waals surface area contributed by atoms with Crippen LogP contribution in [-0.4, -0.2) is 49.5 Å². The summed E-state index contributed by atoms with van der Waals surface area (Å²) in [5.41, 5.74) is 4.88. The van der Waals surface area contributed by atoms with Gasteiger partial charge in [-0.25, -0.2) is 0 Å². The molecule has 0 radical (unpaired) electrons. The average molecular weight is 357 g/mol. The number of nitrogens with zero attached hydrogens (tertiary/aromatic N) is 1. The molecule has 1 atom stereocenters. The van der Waals surface area contributed by atoms with E-state index < -0.39 is 6.10 Å². The summed E-state index contributed by atoms with van der Waals surface area (Å²) in [6.45, 7) is 9.25. The van der Waals surface area contributed by atoms with E-state index in [2.05, 4.69) is 36.9 Å². The number of hydrogen-bond acceptors (Lipinski definition) is 4. The summed E-state index contributed by atoms with van der Waals surface area (Å²) in [5.74, 6) is 0.824. The van der Waals surface area contributed by atoms with Gasteiger partial charge in [-0.2, -0.15) is 0 Å². The highest BCUT2D eigenvalue weighted by Crippen LogP contribution is 2.17. The van der Waals surface area contributed by atoms with Crippen molar-refractivity contribution < 1.29 is 14.6 Å². The SMILES string of the molecule is COCCN(Cc1cc(C)ccc1C)C[C@@H](O)COc1ccccc1C. The maximum absolute atomic E-state index is 10.5. The van der Waals surface area contributed by atoms with Gasteiger partial charge >= 0.3 is 0 Å². The Morgan fingerprint density at radius 3 is 2.54 bits per heavy atom. The van der Waals surface area contributed by atoms with Crippen molar-refractivity contribution in [2.75, 3.05) is 33.4 Å². The van der Waals surface area contributed by atoms with Crippen molar-refractivity contribution in [1.82, 2.24) is 4.90 Å². The molecule has 0 aliphatic rings. The van der Waals surface area contributed by atoms with Gasteiger partial charge in [-0.3, -0.25) is 4.90 Å². The van der Waals surface area contributed by atoms with Gasteiger partial charge in [-0.15, -0.1) is 0 Å². The predicted octanol–water partition coefficient (Wildman–Crippen LogP) is 3.50. The number of aliphatic hydroxyl groups is 1. The van der Waals surface area contributed by atoms with Gasteiger partial charge in [0, 0.05) is 26.7 Å². The predicted molar refractivity (Wildman–Crippen MR) is 106 cm³/mol. The van der Waals surface area contributed by atoms with Gasteiger partial charge < -0.3 is 14.6 Å². The summed E-state index contributed by atoms with van der Waals surface area (Å²) < 4.78 is 11.0. The lowest BCUT2D eigenvalue weighted by Crippen LogP contribution is -2.37. The second-order valence-corrected chi connectivity index (χ2v) is 6.89. The fourth-order valence-electron chi connectivity index (χ4n) is 2.92. The molecule has 2 aromatic carbocycles. The van der Waals surface area contributed by atoms with E-state index in [0.29, 0.717) is 13.2 Å². The number of aliphatic hydroxyl groups excluding tert-OH is 1. The van der Waals surface area contributed by atoms with E-state index in [0.717, 1.165) is 24.4 Å². The minimum Gasteiger partial charge on any atom is -0.491 e. The zero-order chi connectivity index (χ0) is 18.9. The highest BCUT2D eigenvalue weighted by Gasteiger charge is 2.14. The first-order chi connectivity index (χ1) is 12.5. The number of rotatable bonds is 10. The Bertz CT molecular complexity index is 687. The minimum absolute atomic E-state index is 0.279. The zero-order valence-corrected chi connectivity index (χ0v) is 16.4. The van der Waals surface area contributed by atoms with E-state index in [-0.39, 0.29) is 6.61 Å². The van der Waals surface area contributed by atoms with Crippen molar-refractivity contribution in [3.05, 3.63) is 64.7 Å². The normalized spacial score (nSPS) is 12.4. The number of benzene rings is 2. The zero-order valence-electron chi connectivity index (χ0n) is 16.4. The van der Waals surface area contributed by atoms with Crippen LogP contribution < -0.4 is 4.74 Å². The Morgan fingerprint density at radius 1 is 1.04 bits per heavy atom. The van der Waals surface area contributed by atoms with Crippen LogP contribution in [0, 0.1) is 20.8 Å². The van der Waals surface area contributed by atoms with E-state index in [9.17, 15) is 5.11 Å². The summed E-state index contributed by atoms with van der Waals surface area (Å²) in [4.78, 5) is 2.22. The molecule has 2 rings (SSSR count). The third kappa shape index (κ3) is 6.45. The van der Waals surface area contributed by atoms with Crippen LogP contribution >= 0.6 is 0 Å². The number of ether oxygens (including phenoxy) is 2. The Hall–Kier alpha value is -1.88. The first kappa shape index (κ1) is 20.4. The van der Waals surface area contributed by atoms with Crippen LogP contribution in [-0.2, 0) is 11.3 Å². The molecule has 4 nitrogen and oxygen atoms in total. The maximum Gasteiger partial charge on any atom is 0.122 e. The third-order valence-corrected chi connectivity index (χ3v) is 4.50. The Balaban J connectivity index is 1.95. The van der Waals surface area contributed by atoms with Crippen LogP contribution in [0.15, 0.2) is 42.5 Å². The Morgan fingerprint density at radius 2 is 1.81 bits per heavy atom. The molecule has 0 bridgehead atoms. The topological polar surface area (TPSA) is 41.9 Å². The van der Waals surface area contributed by atoms with Crippen LogP contribution in [0.4, 0.5) is 0 Å². The van der Waals surface area contributed by atoms with Crippen LogP contribution in [0.1, 0.15) is 22.3 Å². The highest BCUT2D eigenvalue weighted by atomic mass is 16.5. The van der Waals surface area contributed by atoms with Gasteiger partial charge in [-0.1, -0.05) is 42.0 Å². The molecule has 2 aromatic rings. The molecule has 1 N–H and O–H groups in total.